The van der Waals surface area contributed by atoms with Gasteiger partial charge in [0.2, 0.25) is 0 Å². The van der Waals surface area contributed by atoms with E-state index in [2.05, 4.69) is 10.3 Å². The van der Waals surface area contributed by atoms with Crippen LogP contribution in [0.3, 0.4) is 0 Å². The number of benzene rings is 1. The van der Waals surface area contributed by atoms with Crippen molar-refractivity contribution in [1.82, 2.24) is 15.0 Å². The van der Waals surface area contributed by atoms with Gasteiger partial charge in [0, 0.05) is 0 Å². The summed E-state index contributed by atoms with van der Waals surface area (Å²) in [6.07, 6.45) is 1.66. The van der Waals surface area contributed by atoms with Gasteiger partial charge in [-0.2, -0.15) is 0 Å². The quantitative estimate of drug-likeness (QED) is 0.848. The number of nitrogens with zero attached hydrogens (tertiary/aromatic N) is 3. The van der Waals surface area contributed by atoms with Crippen LogP contribution in [0, 0.1) is 0 Å². The van der Waals surface area contributed by atoms with Gasteiger partial charge in [-0.05, 0) is 19.4 Å². The molecule has 0 fully saturated rings. The van der Waals surface area contributed by atoms with Crippen LogP contribution in [0.2, 0.25) is 0 Å². The molecule has 2 N–H and O–H groups in total. The molecular weight excluding hydrogens is 230 g/mol. The molecule has 1 unspecified atom stereocenters. The van der Waals surface area contributed by atoms with Gasteiger partial charge in [-0.1, -0.05) is 35.5 Å². The smallest absolute Gasteiger partial charge is 0.114 e. The molecule has 0 aliphatic heterocycles. The van der Waals surface area contributed by atoms with Crippen molar-refractivity contribution in [2.45, 2.75) is 25.5 Å². The molecule has 1 atom stereocenters. The van der Waals surface area contributed by atoms with E-state index in [1.807, 2.05) is 30.3 Å². The van der Waals surface area contributed by atoms with Crippen molar-refractivity contribution in [3.05, 3.63) is 47.8 Å². The monoisotopic (exact) mass is 247 g/mol. The summed E-state index contributed by atoms with van der Waals surface area (Å²) in [5.74, 6) is 0. The minimum absolute atomic E-state index is 0.0708. The van der Waals surface area contributed by atoms with E-state index in [1.54, 1.807) is 24.7 Å². The average molecular weight is 247 g/mol. The summed E-state index contributed by atoms with van der Waals surface area (Å²) in [5, 5.41) is 27.3. The van der Waals surface area contributed by atoms with Gasteiger partial charge < -0.3 is 10.2 Å². The van der Waals surface area contributed by atoms with Crippen LogP contribution in [-0.2, 0) is 5.60 Å². The molecule has 0 amide bonds. The SMILES string of the molecule is CC(C)(O)c1cn(C(CO)c2ccccc2)nn1. The molecule has 0 saturated heterocycles. The molecule has 0 aliphatic carbocycles. The zero-order chi connectivity index (χ0) is 13.2. The van der Waals surface area contributed by atoms with Gasteiger partial charge in [-0.15, -0.1) is 5.10 Å². The van der Waals surface area contributed by atoms with Gasteiger partial charge in [-0.25, -0.2) is 4.68 Å². The summed E-state index contributed by atoms with van der Waals surface area (Å²) in [5.41, 5.74) is 0.402. The lowest BCUT2D eigenvalue weighted by Gasteiger charge is -2.15. The predicted octanol–water partition coefficient (Wildman–Crippen LogP) is 1.09. The highest BCUT2D eigenvalue weighted by molar-refractivity contribution is 5.20. The molecule has 2 rings (SSSR count). The maximum atomic E-state index is 9.85. The molecule has 1 aromatic carbocycles. The van der Waals surface area contributed by atoms with E-state index in [0.29, 0.717) is 5.69 Å². The summed E-state index contributed by atoms with van der Waals surface area (Å²) < 4.78 is 1.57. The van der Waals surface area contributed by atoms with E-state index < -0.39 is 5.60 Å². The Bertz CT molecular complexity index is 502. The summed E-state index contributed by atoms with van der Waals surface area (Å²) in [4.78, 5) is 0. The maximum Gasteiger partial charge on any atom is 0.114 e. The van der Waals surface area contributed by atoms with E-state index >= 15 is 0 Å². The van der Waals surface area contributed by atoms with Crippen LogP contribution in [0.25, 0.3) is 0 Å². The van der Waals surface area contributed by atoms with Crippen molar-refractivity contribution in [2.75, 3.05) is 6.61 Å². The number of aliphatic hydroxyl groups excluding tert-OH is 1. The minimum Gasteiger partial charge on any atom is -0.394 e. The predicted molar refractivity (Wildman–Crippen MR) is 66.9 cm³/mol. The molecule has 5 heteroatoms. The van der Waals surface area contributed by atoms with Gasteiger partial charge in [-0.3, -0.25) is 0 Å². The van der Waals surface area contributed by atoms with E-state index in [1.165, 1.54) is 0 Å². The fourth-order valence-corrected chi connectivity index (χ4v) is 1.73. The summed E-state index contributed by atoms with van der Waals surface area (Å²) in [7, 11) is 0. The maximum absolute atomic E-state index is 9.85. The first kappa shape index (κ1) is 12.7. The normalized spacial score (nSPS) is 13.6. The first-order valence-corrected chi connectivity index (χ1v) is 5.83. The van der Waals surface area contributed by atoms with Crippen LogP contribution in [0.4, 0.5) is 0 Å². The van der Waals surface area contributed by atoms with Crippen LogP contribution < -0.4 is 0 Å². The topological polar surface area (TPSA) is 71.2 Å². The Morgan fingerprint density at radius 2 is 1.94 bits per heavy atom. The van der Waals surface area contributed by atoms with Crippen LogP contribution in [0.5, 0.6) is 0 Å². The van der Waals surface area contributed by atoms with Crippen LogP contribution in [0.15, 0.2) is 36.5 Å². The van der Waals surface area contributed by atoms with E-state index in [9.17, 15) is 10.2 Å². The molecule has 0 spiro atoms. The van der Waals surface area contributed by atoms with E-state index in [4.69, 9.17) is 0 Å². The molecule has 18 heavy (non-hydrogen) atoms. The Hall–Kier alpha value is -1.72. The van der Waals surface area contributed by atoms with Gasteiger partial charge in [0.1, 0.15) is 17.3 Å². The van der Waals surface area contributed by atoms with Crippen molar-refractivity contribution in [3.8, 4) is 0 Å². The minimum atomic E-state index is -1.03. The second-order valence-corrected chi connectivity index (χ2v) is 4.75. The Morgan fingerprint density at radius 3 is 2.44 bits per heavy atom. The molecule has 1 heterocycles. The van der Waals surface area contributed by atoms with Crippen LogP contribution in [-0.4, -0.2) is 31.8 Å². The van der Waals surface area contributed by atoms with Gasteiger partial charge >= 0.3 is 0 Å². The standard InChI is InChI=1S/C13H17N3O2/c1-13(2,18)12-8-16(15-14-12)11(9-17)10-6-4-3-5-7-10/h3-8,11,17-18H,9H2,1-2H3. The summed E-state index contributed by atoms with van der Waals surface area (Å²) in [6.45, 7) is 3.23. The van der Waals surface area contributed by atoms with Gasteiger partial charge in [0.15, 0.2) is 0 Å². The second-order valence-electron chi connectivity index (χ2n) is 4.75. The first-order valence-electron chi connectivity index (χ1n) is 5.83. The van der Waals surface area contributed by atoms with Crippen molar-refractivity contribution < 1.29 is 10.2 Å². The van der Waals surface area contributed by atoms with E-state index in [-0.39, 0.29) is 12.6 Å². The molecule has 0 bridgehead atoms. The van der Waals surface area contributed by atoms with Gasteiger partial charge in [0.25, 0.3) is 0 Å². The molecule has 0 radical (unpaired) electrons. The number of hydrogen-bond acceptors (Lipinski definition) is 4. The van der Waals surface area contributed by atoms with Crippen LogP contribution in [0.1, 0.15) is 31.1 Å². The largest absolute Gasteiger partial charge is 0.394 e. The highest BCUT2D eigenvalue weighted by Crippen LogP contribution is 2.20. The summed E-state index contributed by atoms with van der Waals surface area (Å²) >= 11 is 0. The third kappa shape index (κ3) is 2.57. The zero-order valence-electron chi connectivity index (χ0n) is 10.5. The summed E-state index contributed by atoms with van der Waals surface area (Å²) in [6, 6.07) is 9.30. The van der Waals surface area contributed by atoms with Gasteiger partial charge in [0.05, 0.1) is 12.8 Å². The van der Waals surface area contributed by atoms with Crippen molar-refractivity contribution in [2.24, 2.45) is 0 Å². The lowest BCUT2D eigenvalue weighted by Crippen LogP contribution is -2.17. The van der Waals surface area contributed by atoms with Crippen LogP contribution >= 0.6 is 0 Å². The molecule has 1 aromatic heterocycles. The third-order valence-electron chi connectivity index (χ3n) is 2.81. The number of aromatic nitrogens is 3. The number of rotatable bonds is 4. The highest BCUT2D eigenvalue weighted by Gasteiger charge is 2.22. The first-order chi connectivity index (χ1) is 8.52. The molecular formula is C13H17N3O2. The lowest BCUT2D eigenvalue weighted by atomic mass is 10.1. The molecule has 2 aromatic rings. The second kappa shape index (κ2) is 4.88. The number of aliphatic hydroxyl groups is 2. The van der Waals surface area contributed by atoms with Crippen molar-refractivity contribution in [1.29, 1.82) is 0 Å². The Labute approximate surface area is 106 Å². The third-order valence-corrected chi connectivity index (χ3v) is 2.81. The Balaban J connectivity index is 2.32. The fourth-order valence-electron chi connectivity index (χ4n) is 1.73. The fraction of sp³-hybridized carbons (Fsp3) is 0.385. The Morgan fingerprint density at radius 1 is 1.28 bits per heavy atom. The molecule has 0 aliphatic rings. The van der Waals surface area contributed by atoms with Crippen molar-refractivity contribution >= 4 is 0 Å². The highest BCUT2D eigenvalue weighted by atomic mass is 16.3. The average Bonchev–Trinajstić information content (AvgIpc) is 2.81. The Kier molecular flexibility index (Phi) is 3.45. The lowest BCUT2D eigenvalue weighted by molar-refractivity contribution is 0.0737. The molecule has 96 valence electrons. The molecule has 0 saturated carbocycles. The number of hydrogen-bond donors (Lipinski definition) is 2. The molecule has 5 nitrogen and oxygen atoms in total. The zero-order valence-corrected chi connectivity index (χ0v) is 10.5. The van der Waals surface area contributed by atoms with E-state index in [0.717, 1.165) is 5.56 Å². The van der Waals surface area contributed by atoms with Crippen molar-refractivity contribution in [3.63, 3.8) is 0 Å².